The lowest BCUT2D eigenvalue weighted by Crippen LogP contribution is -2.11. The van der Waals surface area contributed by atoms with Gasteiger partial charge in [-0.25, -0.2) is 9.97 Å². The predicted octanol–water partition coefficient (Wildman–Crippen LogP) is 3.07. The molecule has 0 bridgehead atoms. The number of nitrogens with zero attached hydrogens (tertiary/aromatic N) is 3. The summed E-state index contributed by atoms with van der Waals surface area (Å²) in [5.74, 6) is 0.441. The van der Waals surface area contributed by atoms with Crippen molar-refractivity contribution in [3.05, 3.63) is 47.2 Å². The molecule has 0 aromatic carbocycles. The van der Waals surface area contributed by atoms with Gasteiger partial charge in [-0.2, -0.15) is 0 Å². The number of hydrogen-bond donors (Lipinski definition) is 1. The van der Waals surface area contributed by atoms with Gasteiger partial charge in [0.2, 0.25) is 5.95 Å². The largest absolute Gasteiger partial charge is 0.346 e. The molecule has 1 unspecified atom stereocenters. The normalized spacial score (nSPS) is 12.2. The van der Waals surface area contributed by atoms with E-state index in [0.29, 0.717) is 11.6 Å². The second-order valence-corrected chi connectivity index (χ2v) is 5.22. The molecular formula is C14H12N4OS. The zero-order valence-electron chi connectivity index (χ0n) is 10.8. The fourth-order valence-electron chi connectivity index (χ4n) is 1.93. The Hall–Kier alpha value is -2.34. The predicted molar refractivity (Wildman–Crippen MR) is 79.1 cm³/mol. The van der Waals surface area contributed by atoms with Crippen LogP contribution >= 0.6 is 11.3 Å². The van der Waals surface area contributed by atoms with Crippen LogP contribution in [0.5, 0.6) is 0 Å². The number of thiophene rings is 1. The lowest BCUT2D eigenvalue weighted by Gasteiger charge is -2.13. The van der Waals surface area contributed by atoms with Crippen LogP contribution in [-0.4, -0.2) is 21.2 Å². The van der Waals surface area contributed by atoms with E-state index in [1.54, 1.807) is 6.20 Å². The van der Waals surface area contributed by atoms with Crippen LogP contribution in [0.25, 0.3) is 10.2 Å². The highest BCUT2D eigenvalue weighted by atomic mass is 32.1. The van der Waals surface area contributed by atoms with Crippen LogP contribution in [0, 0.1) is 0 Å². The summed E-state index contributed by atoms with van der Waals surface area (Å²) < 4.78 is 0.816. The number of rotatable bonds is 4. The van der Waals surface area contributed by atoms with E-state index in [0.717, 1.165) is 22.2 Å². The van der Waals surface area contributed by atoms with E-state index in [9.17, 15) is 4.79 Å². The van der Waals surface area contributed by atoms with Gasteiger partial charge in [0.05, 0.1) is 22.0 Å². The molecule has 0 saturated heterocycles. The van der Waals surface area contributed by atoms with Crippen molar-refractivity contribution in [1.82, 2.24) is 15.0 Å². The van der Waals surface area contributed by atoms with E-state index < -0.39 is 0 Å². The average molecular weight is 284 g/mol. The Morgan fingerprint density at radius 2 is 2.20 bits per heavy atom. The molecule has 0 aliphatic carbocycles. The maximum absolute atomic E-state index is 11.1. The lowest BCUT2D eigenvalue weighted by molar-refractivity contribution is 0.112. The summed E-state index contributed by atoms with van der Waals surface area (Å²) in [6.07, 6.45) is 2.50. The second-order valence-electron chi connectivity index (χ2n) is 4.31. The summed E-state index contributed by atoms with van der Waals surface area (Å²) in [7, 11) is 0. The zero-order chi connectivity index (χ0) is 13.9. The smallest absolute Gasteiger partial charge is 0.224 e. The van der Waals surface area contributed by atoms with Crippen molar-refractivity contribution >= 4 is 33.8 Å². The van der Waals surface area contributed by atoms with E-state index in [4.69, 9.17) is 0 Å². The molecule has 0 aliphatic heterocycles. The van der Waals surface area contributed by atoms with Crippen molar-refractivity contribution < 1.29 is 4.79 Å². The first-order valence-corrected chi connectivity index (χ1v) is 7.04. The van der Waals surface area contributed by atoms with Crippen molar-refractivity contribution in [2.24, 2.45) is 0 Å². The van der Waals surface area contributed by atoms with Crippen molar-refractivity contribution in [3.8, 4) is 0 Å². The van der Waals surface area contributed by atoms with E-state index >= 15 is 0 Å². The van der Waals surface area contributed by atoms with Crippen LogP contribution in [0.2, 0.25) is 0 Å². The van der Waals surface area contributed by atoms with Gasteiger partial charge in [0.1, 0.15) is 5.69 Å². The lowest BCUT2D eigenvalue weighted by atomic mass is 10.2. The van der Waals surface area contributed by atoms with Crippen LogP contribution in [0.3, 0.4) is 0 Å². The summed E-state index contributed by atoms with van der Waals surface area (Å²) >= 11 is 1.47. The highest BCUT2D eigenvalue weighted by Gasteiger charge is 2.11. The van der Waals surface area contributed by atoms with Crippen LogP contribution in [-0.2, 0) is 0 Å². The maximum Gasteiger partial charge on any atom is 0.224 e. The molecular weight excluding hydrogens is 272 g/mol. The molecule has 0 amide bonds. The van der Waals surface area contributed by atoms with Crippen LogP contribution in [0.15, 0.2) is 35.8 Å². The first-order valence-electron chi connectivity index (χ1n) is 6.16. The van der Waals surface area contributed by atoms with Crippen LogP contribution < -0.4 is 5.32 Å². The van der Waals surface area contributed by atoms with Gasteiger partial charge < -0.3 is 5.32 Å². The van der Waals surface area contributed by atoms with E-state index in [-0.39, 0.29) is 6.04 Å². The molecule has 0 fully saturated rings. The molecule has 0 saturated carbocycles. The van der Waals surface area contributed by atoms with Gasteiger partial charge in [-0.1, -0.05) is 6.07 Å². The Morgan fingerprint density at radius 1 is 1.30 bits per heavy atom. The fourth-order valence-corrected chi connectivity index (χ4v) is 2.71. The standard InChI is InChI=1S/C14H12N4OS/c1-9(10-4-2-3-6-15-10)16-14-17-11-5-7-20-13(11)12(8-19)18-14/h2-9H,1H3,(H,16,17,18). The van der Waals surface area contributed by atoms with Crippen molar-refractivity contribution in [3.63, 3.8) is 0 Å². The Balaban J connectivity index is 1.93. The van der Waals surface area contributed by atoms with Gasteiger partial charge in [0.25, 0.3) is 0 Å². The molecule has 20 heavy (non-hydrogen) atoms. The minimum absolute atomic E-state index is 0.0354. The molecule has 0 spiro atoms. The SMILES string of the molecule is CC(Nc1nc(C=O)c2sccc2n1)c1ccccn1. The van der Waals surface area contributed by atoms with E-state index in [1.165, 1.54) is 11.3 Å². The quantitative estimate of drug-likeness (QED) is 0.746. The number of aromatic nitrogens is 3. The highest BCUT2D eigenvalue weighted by molar-refractivity contribution is 7.17. The molecule has 0 aliphatic rings. The molecule has 0 radical (unpaired) electrons. The van der Waals surface area contributed by atoms with Crippen molar-refractivity contribution in [1.29, 1.82) is 0 Å². The van der Waals surface area contributed by atoms with E-state index in [1.807, 2.05) is 36.6 Å². The monoisotopic (exact) mass is 284 g/mol. The van der Waals surface area contributed by atoms with Gasteiger partial charge >= 0.3 is 0 Å². The van der Waals surface area contributed by atoms with Crippen molar-refractivity contribution in [2.45, 2.75) is 13.0 Å². The average Bonchev–Trinajstić information content (AvgIpc) is 2.95. The summed E-state index contributed by atoms with van der Waals surface area (Å²) in [6, 6.07) is 7.58. The van der Waals surface area contributed by atoms with Crippen LogP contribution in [0.4, 0.5) is 5.95 Å². The van der Waals surface area contributed by atoms with Gasteiger partial charge in [0, 0.05) is 6.20 Å². The fraction of sp³-hybridized carbons (Fsp3) is 0.143. The minimum atomic E-state index is -0.0354. The Kier molecular flexibility index (Phi) is 3.39. The third-order valence-corrected chi connectivity index (χ3v) is 3.84. The number of fused-ring (bicyclic) bond motifs is 1. The molecule has 3 heterocycles. The first-order chi connectivity index (χ1) is 9.78. The van der Waals surface area contributed by atoms with Crippen molar-refractivity contribution in [2.75, 3.05) is 5.32 Å². The molecule has 1 atom stereocenters. The maximum atomic E-state index is 11.1. The van der Waals surface area contributed by atoms with E-state index in [2.05, 4.69) is 20.3 Å². The molecule has 1 N–H and O–H groups in total. The summed E-state index contributed by atoms with van der Waals surface area (Å²) in [5.41, 5.74) is 2.10. The zero-order valence-corrected chi connectivity index (χ0v) is 11.6. The third-order valence-electron chi connectivity index (χ3n) is 2.92. The number of hydrogen-bond acceptors (Lipinski definition) is 6. The molecule has 3 rings (SSSR count). The Bertz CT molecular complexity index is 741. The van der Waals surface area contributed by atoms with Crippen LogP contribution in [0.1, 0.15) is 29.1 Å². The molecule has 100 valence electrons. The molecule has 5 nitrogen and oxygen atoms in total. The number of nitrogens with one attached hydrogen (secondary N) is 1. The number of anilines is 1. The molecule has 6 heteroatoms. The van der Waals surface area contributed by atoms with Gasteiger partial charge in [-0.05, 0) is 30.5 Å². The molecule has 3 aromatic rings. The number of pyridine rings is 1. The Labute approximate surface area is 119 Å². The van der Waals surface area contributed by atoms with Gasteiger partial charge in [-0.3, -0.25) is 9.78 Å². The van der Waals surface area contributed by atoms with Gasteiger partial charge in [-0.15, -0.1) is 11.3 Å². The minimum Gasteiger partial charge on any atom is -0.346 e. The number of aldehydes is 1. The number of carbonyl (C=O) groups is 1. The topological polar surface area (TPSA) is 67.8 Å². The third kappa shape index (κ3) is 2.37. The second kappa shape index (κ2) is 5.34. The highest BCUT2D eigenvalue weighted by Crippen LogP contribution is 2.23. The summed E-state index contributed by atoms with van der Waals surface area (Å²) in [4.78, 5) is 24.0. The Morgan fingerprint density at radius 3 is 2.95 bits per heavy atom. The number of carbonyl (C=O) groups excluding carboxylic acids is 1. The summed E-state index contributed by atoms with van der Waals surface area (Å²) in [5, 5.41) is 5.08. The molecule has 3 aromatic heterocycles. The first kappa shape index (κ1) is 12.7. The van der Waals surface area contributed by atoms with Gasteiger partial charge in [0.15, 0.2) is 6.29 Å². The summed E-state index contributed by atoms with van der Waals surface area (Å²) in [6.45, 7) is 1.98.